The van der Waals surface area contributed by atoms with Gasteiger partial charge < -0.3 is 34.2 Å². The van der Waals surface area contributed by atoms with E-state index in [2.05, 4.69) is 41.3 Å². The van der Waals surface area contributed by atoms with Crippen LogP contribution in [0.3, 0.4) is 0 Å². The molecule has 10 nitrogen and oxygen atoms in total. The molecule has 4 rings (SSSR count). The van der Waals surface area contributed by atoms with Crippen molar-refractivity contribution in [3.05, 3.63) is 41.3 Å². The molecular formula is C27H38N6O4. The van der Waals surface area contributed by atoms with Crippen molar-refractivity contribution in [1.82, 2.24) is 25.3 Å². The number of nitrogens with zero attached hydrogens (tertiary/aromatic N) is 5. The van der Waals surface area contributed by atoms with Crippen molar-refractivity contribution in [2.24, 2.45) is 0 Å². The van der Waals surface area contributed by atoms with Gasteiger partial charge in [-0.1, -0.05) is 17.3 Å². The van der Waals surface area contributed by atoms with Crippen LogP contribution in [-0.2, 0) is 4.74 Å². The van der Waals surface area contributed by atoms with E-state index in [1.54, 1.807) is 7.05 Å². The van der Waals surface area contributed by atoms with Crippen LogP contribution in [0.25, 0.3) is 22.6 Å². The Balaban J connectivity index is 1.74. The summed E-state index contributed by atoms with van der Waals surface area (Å²) in [4.78, 5) is 14.5. The molecule has 1 saturated heterocycles. The van der Waals surface area contributed by atoms with Gasteiger partial charge in [-0.3, -0.25) is 0 Å². The second kappa shape index (κ2) is 12.0. The quantitative estimate of drug-likeness (QED) is 0.422. The van der Waals surface area contributed by atoms with Crippen LogP contribution in [0, 0.1) is 20.8 Å². The molecule has 2 aromatic heterocycles. The second-order valence-electron chi connectivity index (χ2n) is 9.79. The number of likely N-dealkylation sites (N-methyl/N-ethyl adjacent to an activating group) is 2. The molecule has 37 heavy (non-hydrogen) atoms. The molecule has 3 heterocycles. The molecule has 1 aliphatic heterocycles. The highest BCUT2D eigenvalue weighted by molar-refractivity contribution is 5.75. The van der Waals surface area contributed by atoms with Crippen molar-refractivity contribution >= 4 is 5.82 Å². The first kappa shape index (κ1) is 27.0. The normalized spacial score (nSPS) is 16.9. The lowest BCUT2D eigenvalue weighted by atomic mass is 10.0. The standard InChI is InChI=1S/C27H38N6O4/c1-17-25(24-18(2)31-37-19(24)3)29-26(20-8-7-9-22(12-20)36-16-21(34)13-28-4)30-27(17)33-10-11-35-23(15-33)14-32(5)6/h7-9,12,21,23,28,34H,10-11,13-16H2,1-6H3/t21?,23-/m0/s1. The summed E-state index contributed by atoms with van der Waals surface area (Å²) in [5.41, 5.74) is 4.30. The lowest BCUT2D eigenvalue weighted by Crippen LogP contribution is -2.47. The summed E-state index contributed by atoms with van der Waals surface area (Å²) in [6.07, 6.45) is -0.511. The van der Waals surface area contributed by atoms with Crippen molar-refractivity contribution in [3.8, 4) is 28.4 Å². The van der Waals surface area contributed by atoms with Gasteiger partial charge in [-0.25, -0.2) is 9.97 Å². The first-order valence-electron chi connectivity index (χ1n) is 12.7. The predicted molar refractivity (Wildman–Crippen MR) is 143 cm³/mol. The van der Waals surface area contributed by atoms with Crippen LogP contribution in [0.1, 0.15) is 17.0 Å². The molecule has 3 aromatic rings. The molecule has 0 aliphatic carbocycles. The van der Waals surface area contributed by atoms with Crippen LogP contribution < -0.4 is 15.0 Å². The van der Waals surface area contributed by atoms with Gasteiger partial charge in [0, 0.05) is 37.3 Å². The van der Waals surface area contributed by atoms with Gasteiger partial charge in [0.1, 0.15) is 30.0 Å². The lowest BCUT2D eigenvalue weighted by Gasteiger charge is -2.36. The molecular weight excluding hydrogens is 472 g/mol. The average molecular weight is 511 g/mol. The van der Waals surface area contributed by atoms with Gasteiger partial charge in [-0.2, -0.15) is 0 Å². The van der Waals surface area contributed by atoms with Crippen molar-refractivity contribution in [2.45, 2.75) is 33.0 Å². The van der Waals surface area contributed by atoms with Crippen LogP contribution >= 0.6 is 0 Å². The zero-order valence-corrected chi connectivity index (χ0v) is 22.6. The third kappa shape index (κ3) is 6.45. The van der Waals surface area contributed by atoms with Crippen LogP contribution in [-0.4, -0.2) is 97.9 Å². The minimum atomic E-state index is -0.599. The fraction of sp³-hybridized carbons (Fsp3) is 0.519. The molecule has 200 valence electrons. The van der Waals surface area contributed by atoms with Gasteiger partial charge in [0.25, 0.3) is 0 Å². The number of nitrogens with one attached hydrogen (secondary N) is 1. The monoisotopic (exact) mass is 510 g/mol. The number of aliphatic hydroxyl groups is 1. The number of morpholine rings is 1. The van der Waals surface area contributed by atoms with Crippen LogP contribution in [0.5, 0.6) is 5.75 Å². The van der Waals surface area contributed by atoms with E-state index in [0.29, 0.717) is 24.7 Å². The summed E-state index contributed by atoms with van der Waals surface area (Å²) in [6.45, 7) is 9.49. The van der Waals surface area contributed by atoms with E-state index in [4.69, 9.17) is 24.0 Å². The van der Waals surface area contributed by atoms with Gasteiger partial charge in [-0.15, -0.1) is 0 Å². The van der Waals surface area contributed by atoms with Gasteiger partial charge in [0.2, 0.25) is 0 Å². The molecule has 0 spiro atoms. The zero-order valence-electron chi connectivity index (χ0n) is 22.6. The molecule has 1 unspecified atom stereocenters. The van der Waals surface area contributed by atoms with E-state index >= 15 is 0 Å². The average Bonchev–Trinajstić information content (AvgIpc) is 3.20. The maximum Gasteiger partial charge on any atom is 0.162 e. The first-order chi connectivity index (χ1) is 17.8. The summed E-state index contributed by atoms with van der Waals surface area (Å²) in [5, 5.41) is 17.1. The Morgan fingerprint density at radius 2 is 2.05 bits per heavy atom. The summed E-state index contributed by atoms with van der Waals surface area (Å²) in [5.74, 6) is 2.84. The summed E-state index contributed by atoms with van der Waals surface area (Å²) in [7, 11) is 5.90. The minimum absolute atomic E-state index is 0.0878. The van der Waals surface area contributed by atoms with Gasteiger partial charge in [0.05, 0.1) is 29.7 Å². The first-order valence-corrected chi connectivity index (χ1v) is 12.7. The molecule has 1 fully saturated rings. The third-order valence-electron chi connectivity index (χ3n) is 6.37. The van der Waals surface area contributed by atoms with E-state index in [0.717, 1.165) is 59.3 Å². The van der Waals surface area contributed by atoms with E-state index in [1.807, 2.05) is 38.1 Å². The Hall–Kier alpha value is -3.05. The highest BCUT2D eigenvalue weighted by atomic mass is 16.5. The van der Waals surface area contributed by atoms with E-state index in [1.165, 1.54) is 0 Å². The van der Waals surface area contributed by atoms with E-state index < -0.39 is 6.10 Å². The maximum absolute atomic E-state index is 10.0. The second-order valence-corrected chi connectivity index (χ2v) is 9.79. The van der Waals surface area contributed by atoms with Crippen molar-refractivity contribution in [3.63, 3.8) is 0 Å². The van der Waals surface area contributed by atoms with Crippen LogP contribution in [0.4, 0.5) is 5.82 Å². The molecule has 10 heteroatoms. The molecule has 0 amide bonds. The molecule has 1 aromatic carbocycles. The molecule has 0 saturated carbocycles. The topological polar surface area (TPSA) is 109 Å². The predicted octanol–water partition coefficient (Wildman–Crippen LogP) is 2.45. The number of rotatable bonds is 10. The van der Waals surface area contributed by atoms with Gasteiger partial charge >= 0.3 is 0 Å². The van der Waals surface area contributed by atoms with Crippen molar-refractivity contribution in [1.29, 1.82) is 0 Å². The SMILES string of the molecule is CNCC(O)COc1cccc(-c2nc(-c3c(C)noc3C)c(C)c(N3CCO[C@@H](CN(C)C)C3)n2)c1. The lowest BCUT2D eigenvalue weighted by molar-refractivity contribution is 0.0245. The van der Waals surface area contributed by atoms with Crippen molar-refractivity contribution in [2.75, 3.05) is 65.4 Å². The highest BCUT2D eigenvalue weighted by Crippen LogP contribution is 2.35. The number of aryl methyl sites for hydroxylation is 2. The number of hydrogen-bond acceptors (Lipinski definition) is 10. The minimum Gasteiger partial charge on any atom is -0.491 e. The summed E-state index contributed by atoms with van der Waals surface area (Å²) < 4.78 is 17.4. The zero-order chi connectivity index (χ0) is 26.5. The molecule has 2 N–H and O–H groups in total. The maximum atomic E-state index is 10.0. The molecule has 2 atom stereocenters. The number of ether oxygens (including phenoxy) is 2. The highest BCUT2D eigenvalue weighted by Gasteiger charge is 2.27. The fourth-order valence-corrected chi connectivity index (χ4v) is 4.65. The van der Waals surface area contributed by atoms with Gasteiger partial charge in [0.15, 0.2) is 5.82 Å². The smallest absolute Gasteiger partial charge is 0.162 e. The van der Waals surface area contributed by atoms with Gasteiger partial charge in [-0.05, 0) is 54.0 Å². The largest absolute Gasteiger partial charge is 0.491 e. The third-order valence-corrected chi connectivity index (χ3v) is 6.37. The molecule has 1 aliphatic rings. The van der Waals surface area contributed by atoms with E-state index in [-0.39, 0.29) is 12.7 Å². The molecule has 0 radical (unpaired) electrons. The number of aliphatic hydroxyl groups excluding tert-OH is 1. The number of hydrogen-bond donors (Lipinski definition) is 2. The Kier molecular flexibility index (Phi) is 8.75. The Bertz CT molecular complexity index is 1180. The Labute approximate surface area is 218 Å². The van der Waals surface area contributed by atoms with Crippen LogP contribution in [0.2, 0.25) is 0 Å². The Morgan fingerprint density at radius 1 is 1.24 bits per heavy atom. The van der Waals surface area contributed by atoms with Crippen LogP contribution in [0.15, 0.2) is 28.8 Å². The summed E-state index contributed by atoms with van der Waals surface area (Å²) in [6, 6.07) is 7.66. The number of anilines is 1. The van der Waals surface area contributed by atoms with Crippen molar-refractivity contribution < 1.29 is 19.1 Å². The number of aromatic nitrogens is 3. The fourth-order valence-electron chi connectivity index (χ4n) is 4.65. The van der Waals surface area contributed by atoms with E-state index in [9.17, 15) is 5.11 Å². The number of benzene rings is 1. The summed E-state index contributed by atoms with van der Waals surface area (Å²) >= 11 is 0. The Morgan fingerprint density at radius 3 is 2.76 bits per heavy atom. The molecule has 0 bridgehead atoms.